The number of imide groups is 1. The van der Waals surface area contributed by atoms with Crippen LogP contribution in [0.5, 0.6) is 0 Å². The van der Waals surface area contributed by atoms with Crippen LogP contribution in [0.4, 0.5) is 4.79 Å². The van der Waals surface area contributed by atoms with E-state index in [0.29, 0.717) is 12.8 Å². The van der Waals surface area contributed by atoms with E-state index >= 15 is 0 Å². The molecular weight excluding hydrogens is 412 g/mol. The van der Waals surface area contributed by atoms with Crippen molar-refractivity contribution >= 4 is 29.2 Å². The van der Waals surface area contributed by atoms with Crippen LogP contribution < -0.4 is 10.6 Å². The van der Waals surface area contributed by atoms with E-state index in [0.717, 1.165) is 38.9 Å². The van der Waals surface area contributed by atoms with Crippen molar-refractivity contribution in [3.63, 3.8) is 0 Å². The quantitative estimate of drug-likeness (QED) is 0.691. The lowest BCUT2D eigenvalue weighted by atomic mass is 9.97. The number of benzene rings is 1. The minimum atomic E-state index is -0.875. The molecule has 1 saturated carbocycles. The fraction of sp³-hybridized carbons (Fsp3) is 0.478. The van der Waals surface area contributed by atoms with E-state index < -0.39 is 17.6 Å². The van der Waals surface area contributed by atoms with Crippen LogP contribution in [0, 0.1) is 13.8 Å². The van der Waals surface area contributed by atoms with Crippen molar-refractivity contribution in [2.24, 2.45) is 0 Å². The molecule has 1 spiro atoms. The third-order valence-corrected chi connectivity index (χ3v) is 7.69. The fourth-order valence-electron chi connectivity index (χ4n) is 4.46. The number of amides is 4. The Bertz CT molecular complexity index is 1020. The summed E-state index contributed by atoms with van der Waals surface area (Å²) < 4.78 is 0. The maximum Gasteiger partial charge on any atom is 0.325 e. The molecule has 2 aromatic rings. The van der Waals surface area contributed by atoms with Crippen molar-refractivity contribution in [1.29, 1.82) is 0 Å². The second kappa shape index (κ2) is 8.07. The summed E-state index contributed by atoms with van der Waals surface area (Å²) in [6.07, 6.45) is 3.10. The zero-order valence-corrected chi connectivity index (χ0v) is 19.1. The van der Waals surface area contributed by atoms with Gasteiger partial charge in [-0.05, 0) is 40.5 Å². The highest BCUT2D eigenvalue weighted by molar-refractivity contribution is 7.15. The Kier molecular flexibility index (Phi) is 5.60. The van der Waals surface area contributed by atoms with Crippen LogP contribution >= 0.6 is 11.3 Å². The molecule has 2 atom stereocenters. The Hall–Kier alpha value is -2.74. The summed E-state index contributed by atoms with van der Waals surface area (Å²) in [5.74, 6) is -0.628. The van der Waals surface area contributed by atoms with Crippen LogP contribution in [-0.4, -0.2) is 39.3 Å². The number of aryl methyl sites for hydroxylation is 2. The maximum atomic E-state index is 12.9. The Labute approximate surface area is 186 Å². The first-order chi connectivity index (χ1) is 14.7. The molecule has 1 aliphatic heterocycles. The van der Waals surface area contributed by atoms with Crippen molar-refractivity contribution in [2.75, 3.05) is 0 Å². The molecule has 0 radical (unpaired) electrons. The minimum absolute atomic E-state index is 0.277. The summed E-state index contributed by atoms with van der Waals surface area (Å²) >= 11 is 1.54. The molecular formula is C23H28N4O3S. The summed E-state index contributed by atoms with van der Waals surface area (Å²) in [6.45, 7) is 7.47. The van der Waals surface area contributed by atoms with Gasteiger partial charge in [0.15, 0.2) is 0 Å². The molecule has 4 rings (SSSR count). The summed E-state index contributed by atoms with van der Waals surface area (Å²) in [5.41, 5.74) is 2.28. The average Bonchev–Trinajstić information content (AvgIpc) is 3.41. The number of nitrogens with zero attached hydrogens (tertiary/aromatic N) is 2. The number of aromatic nitrogens is 1. The lowest BCUT2D eigenvalue weighted by molar-refractivity contribution is -0.138. The number of nitrogens with one attached hydrogen (secondary N) is 2. The Morgan fingerprint density at radius 1 is 1.16 bits per heavy atom. The first kappa shape index (κ1) is 21.5. The standard InChI is InChI=1S/C23H28N4O3S/c1-13-7-9-17(10-8-13)20-25-15(3)18(31-20)14(2)24-19(28)16(4)27-21(29)23(26-22(27)30)11-5-6-12-23/h7-10,14,16H,5-6,11-12H2,1-4H3,(H,24,28)(H,26,30)/t14-,16-/m0/s1. The number of hydrogen-bond acceptors (Lipinski definition) is 5. The van der Waals surface area contributed by atoms with Crippen LogP contribution in [0.1, 0.15) is 61.7 Å². The summed E-state index contributed by atoms with van der Waals surface area (Å²) in [5, 5.41) is 6.70. The fourth-order valence-corrected chi connectivity index (χ4v) is 5.53. The predicted molar refractivity (Wildman–Crippen MR) is 120 cm³/mol. The molecule has 2 aliphatic rings. The van der Waals surface area contributed by atoms with E-state index in [1.807, 2.05) is 45.0 Å². The van der Waals surface area contributed by atoms with Gasteiger partial charge >= 0.3 is 6.03 Å². The monoisotopic (exact) mass is 440 g/mol. The number of carbonyl (C=O) groups is 3. The molecule has 0 bridgehead atoms. The van der Waals surface area contributed by atoms with Crippen LogP contribution in [0.15, 0.2) is 24.3 Å². The Balaban J connectivity index is 1.47. The SMILES string of the molecule is Cc1ccc(-c2nc(C)c([C@H](C)NC(=O)[C@H](C)N3C(=O)NC4(CCCC4)C3=O)s2)cc1. The highest BCUT2D eigenvalue weighted by Crippen LogP contribution is 2.36. The molecule has 4 amide bonds. The van der Waals surface area contributed by atoms with Gasteiger partial charge in [-0.15, -0.1) is 11.3 Å². The number of hydrogen-bond donors (Lipinski definition) is 2. The molecule has 7 nitrogen and oxygen atoms in total. The van der Waals surface area contributed by atoms with Crippen LogP contribution in [0.3, 0.4) is 0 Å². The molecule has 1 aliphatic carbocycles. The van der Waals surface area contributed by atoms with Gasteiger partial charge in [-0.25, -0.2) is 14.7 Å². The van der Waals surface area contributed by atoms with E-state index in [1.54, 1.807) is 18.3 Å². The maximum absolute atomic E-state index is 12.9. The molecule has 2 N–H and O–H groups in total. The van der Waals surface area contributed by atoms with Gasteiger partial charge in [0.2, 0.25) is 5.91 Å². The smallest absolute Gasteiger partial charge is 0.325 e. The van der Waals surface area contributed by atoms with Gasteiger partial charge in [-0.1, -0.05) is 42.7 Å². The molecule has 1 aromatic carbocycles. The van der Waals surface area contributed by atoms with Crippen LogP contribution in [0.25, 0.3) is 10.6 Å². The number of rotatable bonds is 5. The summed E-state index contributed by atoms with van der Waals surface area (Å²) in [6, 6.07) is 6.55. The largest absolute Gasteiger partial charge is 0.347 e. The van der Waals surface area contributed by atoms with E-state index in [2.05, 4.69) is 15.6 Å². The lowest BCUT2D eigenvalue weighted by Crippen LogP contribution is -2.50. The molecule has 0 unspecified atom stereocenters. The second-order valence-corrected chi connectivity index (χ2v) is 9.67. The summed E-state index contributed by atoms with van der Waals surface area (Å²) in [4.78, 5) is 45.1. The number of thiazole rings is 1. The van der Waals surface area contributed by atoms with Crippen molar-refractivity contribution in [1.82, 2.24) is 20.5 Å². The van der Waals surface area contributed by atoms with Gasteiger partial charge in [0.1, 0.15) is 16.6 Å². The van der Waals surface area contributed by atoms with Crippen molar-refractivity contribution in [2.45, 2.75) is 71.0 Å². The zero-order valence-electron chi connectivity index (χ0n) is 18.3. The first-order valence-electron chi connectivity index (χ1n) is 10.7. The van der Waals surface area contributed by atoms with E-state index in [1.165, 1.54) is 5.56 Å². The van der Waals surface area contributed by atoms with Gasteiger partial charge < -0.3 is 10.6 Å². The van der Waals surface area contributed by atoms with Gasteiger partial charge in [-0.2, -0.15) is 0 Å². The predicted octanol–water partition coefficient (Wildman–Crippen LogP) is 3.86. The Morgan fingerprint density at radius 3 is 2.45 bits per heavy atom. The molecule has 164 valence electrons. The second-order valence-electron chi connectivity index (χ2n) is 8.64. The van der Waals surface area contributed by atoms with E-state index in [4.69, 9.17) is 0 Å². The lowest BCUT2D eigenvalue weighted by Gasteiger charge is -2.24. The van der Waals surface area contributed by atoms with Crippen LogP contribution in [0.2, 0.25) is 0 Å². The number of urea groups is 1. The highest BCUT2D eigenvalue weighted by Gasteiger charge is 2.54. The van der Waals surface area contributed by atoms with Crippen molar-refractivity contribution < 1.29 is 14.4 Å². The van der Waals surface area contributed by atoms with Gasteiger partial charge in [0.05, 0.1) is 16.6 Å². The highest BCUT2D eigenvalue weighted by atomic mass is 32.1. The zero-order chi connectivity index (χ0) is 22.3. The third kappa shape index (κ3) is 3.84. The van der Waals surface area contributed by atoms with Crippen molar-refractivity contribution in [3.8, 4) is 10.6 Å². The molecule has 1 aromatic heterocycles. The normalized spacial score (nSPS) is 19.5. The van der Waals surface area contributed by atoms with Gasteiger partial charge in [0, 0.05) is 5.56 Å². The molecule has 2 fully saturated rings. The third-order valence-electron chi connectivity index (χ3n) is 6.30. The Morgan fingerprint density at radius 2 is 1.81 bits per heavy atom. The average molecular weight is 441 g/mol. The van der Waals surface area contributed by atoms with Gasteiger partial charge in [-0.3, -0.25) is 9.59 Å². The molecule has 8 heteroatoms. The summed E-state index contributed by atoms with van der Waals surface area (Å²) in [7, 11) is 0. The van der Waals surface area contributed by atoms with Gasteiger partial charge in [0.25, 0.3) is 5.91 Å². The van der Waals surface area contributed by atoms with E-state index in [9.17, 15) is 14.4 Å². The van der Waals surface area contributed by atoms with Crippen molar-refractivity contribution in [3.05, 3.63) is 40.4 Å². The minimum Gasteiger partial charge on any atom is -0.347 e. The first-order valence-corrected chi connectivity index (χ1v) is 11.5. The van der Waals surface area contributed by atoms with Crippen LogP contribution in [-0.2, 0) is 9.59 Å². The van der Waals surface area contributed by atoms with E-state index in [-0.39, 0.29) is 17.9 Å². The number of carbonyl (C=O) groups excluding carboxylic acids is 3. The topological polar surface area (TPSA) is 91.4 Å². The molecule has 2 heterocycles. The molecule has 31 heavy (non-hydrogen) atoms. The molecule has 1 saturated heterocycles.